The maximum Gasteiger partial charge on any atom is 0.197 e. The third-order valence-corrected chi connectivity index (χ3v) is 3.51. The van der Waals surface area contributed by atoms with E-state index in [1.807, 2.05) is 25.1 Å². The summed E-state index contributed by atoms with van der Waals surface area (Å²) in [5, 5.41) is 1.08. The van der Waals surface area contributed by atoms with Gasteiger partial charge in [-0.2, -0.15) is 0 Å². The number of hydrazine groups is 1. The van der Waals surface area contributed by atoms with Gasteiger partial charge in [-0.1, -0.05) is 23.7 Å². The number of halogens is 2. The molecule has 5 heteroatoms. The standard InChI is InChI=1S/C13H14Cl2N2O/c1-8-2-3-9(11(14)6-8)7-12(17-16)10-4-5-18-13(10)15/h2-6,12,17H,7,16H2,1H3. The number of benzene rings is 1. The number of rotatable bonds is 4. The Morgan fingerprint density at radius 3 is 2.67 bits per heavy atom. The Labute approximate surface area is 116 Å². The molecule has 1 unspecified atom stereocenters. The molecule has 3 nitrogen and oxygen atoms in total. The molecule has 0 spiro atoms. The van der Waals surface area contributed by atoms with Crippen LogP contribution in [-0.4, -0.2) is 0 Å². The zero-order valence-electron chi connectivity index (χ0n) is 9.91. The zero-order chi connectivity index (χ0) is 13.1. The van der Waals surface area contributed by atoms with Gasteiger partial charge in [-0.25, -0.2) is 0 Å². The predicted octanol–water partition coefficient (Wildman–Crippen LogP) is 3.64. The van der Waals surface area contributed by atoms with Crippen LogP contribution in [0, 0.1) is 6.92 Å². The molecule has 1 heterocycles. The van der Waals surface area contributed by atoms with Crippen molar-refractivity contribution in [3.05, 3.63) is 57.5 Å². The van der Waals surface area contributed by atoms with Crippen LogP contribution in [0.1, 0.15) is 22.7 Å². The van der Waals surface area contributed by atoms with Crippen LogP contribution in [0.25, 0.3) is 0 Å². The second-order valence-corrected chi connectivity index (χ2v) is 4.92. The minimum atomic E-state index is -0.128. The first-order chi connectivity index (χ1) is 8.61. The molecule has 0 aliphatic rings. The van der Waals surface area contributed by atoms with E-state index in [0.29, 0.717) is 11.6 Å². The molecule has 0 radical (unpaired) electrons. The largest absolute Gasteiger partial charge is 0.453 e. The lowest BCUT2D eigenvalue weighted by Crippen LogP contribution is -2.29. The molecule has 1 atom stereocenters. The molecule has 0 bridgehead atoms. The lowest BCUT2D eigenvalue weighted by atomic mass is 10.0. The summed E-state index contributed by atoms with van der Waals surface area (Å²) in [6, 6.07) is 7.62. The van der Waals surface area contributed by atoms with E-state index in [1.54, 1.807) is 12.3 Å². The van der Waals surface area contributed by atoms with Crippen molar-refractivity contribution >= 4 is 23.2 Å². The second-order valence-electron chi connectivity index (χ2n) is 4.17. The van der Waals surface area contributed by atoms with Crippen molar-refractivity contribution in [3.63, 3.8) is 0 Å². The topological polar surface area (TPSA) is 51.2 Å². The summed E-state index contributed by atoms with van der Waals surface area (Å²) < 4.78 is 5.07. The van der Waals surface area contributed by atoms with Gasteiger partial charge in [0.25, 0.3) is 0 Å². The van der Waals surface area contributed by atoms with Crippen molar-refractivity contribution in [2.75, 3.05) is 0 Å². The Bertz CT molecular complexity index is 540. The van der Waals surface area contributed by atoms with Crippen molar-refractivity contribution in [2.24, 2.45) is 5.84 Å². The maximum atomic E-state index is 6.21. The van der Waals surface area contributed by atoms with Crippen molar-refractivity contribution in [1.82, 2.24) is 5.43 Å². The lowest BCUT2D eigenvalue weighted by molar-refractivity contribution is 0.527. The number of hydrogen-bond donors (Lipinski definition) is 2. The molecule has 0 saturated carbocycles. The molecule has 0 aliphatic carbocycles. The van der Waals surface area contributed by atoms with Gasteiger partial charge in [-0.05, 0) is 48.2 Å². The number of nitrogens with one attached hydrogen (secondary N) is 1. The zero-order valence-corrected chi connectivity index (χ0v) is 11.4. The Hall–Kier alpha value is -1.00. The van der Waals surface area contributed by atoms with E-state index in [-0.39, 0.29) is 6.04 Å². The minimum Gasteiger partial charge on any atom is -0.453 e. The monoisotopic (exact) mass is 284 g/mol. The van der Waals surface area contributed by atoms with Crippen molar-refractivity contribution in [2.45, 2.75) is 19.4 Å². The first-order valence-corrected chi connectivity index (χ1v) is 6.31. The first kappa shape index (κ1) is 13.4. The molecule has 0 saturated heterocycles. The van der Waals surface area contributed by atoms with Gasteiger partial charge in [0.05, 0.1) is 12.3 Å². The summed E-state index contributed by atoms with van der Waals surface area (Å²) in [5.74, 6) is 5.57. The van der Waals surface area contributed by atoms with E-state index >= 15 is 0 Å². The summed E-state index contributed by atoms with van der Waals surface area (Å²) in [6.45, 7) is 2.00. The molecular formula is C13H14Cl2N2O. The van der Waals surface area contributed by atoms with Gasteiger partial charge >= 0.3 is 0 Å². The highest BCUT2D eigenvalue weighted by atomic mass is 35.5. The number of aryl methyl sites for hydroxylation is 1. The number of hydrogen-bond acceptors (Lipinski definition) is 3. The fourth-order valence-corrected chi connectivity index (χ4v) is 2.41. The van der Waals surface area contributed by atoms with Crippen molar-refractivity contribution < 1.29 is 4.42 Å². The molecule has 1 aromatic carbocycles. The van der Waals surface area contributed by atoms with Gasteiger partial charge in [0, 0.05) is 10.6 Å². The Morgan fingerprint density at radius 1 is 1.33 bits per heavy atom. The van der Waals surface area contributed by atoms with E-state index in [1.165, 1.54) is 0 Å². The van der Waals surface area contributed by atoms with Crippen LogP contribution in [0.15, 0.2) is 34.9 Å². The fraction of sp³-hybridized carbons (Fsp3) is 0.231. The lowest BCUT2D eigenvalue weighted by Gasteiger charge is -2.15. The van der Waals surface area contributed by atoms with Gasteiger partial charge in [0.2, 0.25) is 0 Å². The molecule has 2 rings (SSSR count). The van der Waals surface area contributed by atoms with E-state index < -0.39 is 0 Å². The molecule has 18 heavy (non-hydrogen) atoms. The molecule has 3 N–H and O–H groups in total. The van der Waals surface area contributed by atoms with E-state index in [9.17, 15) is 0 Å². The molecule has 2 aromatic rings. The van der Waals surface area contributed by atoms with Crippen LogP contribution in [0.4, 0.5) is 0 Å². The average Bonchev–Trinajstić information content (AvgIpc) is 2.75. The van der Waals surface area contributed by atoms with E-state index in [4.69, 9.17) is 33.5 Å². The highest BCUT2D eigenvalue weighted by molar-refractivity contribution is 6.31. The van der Waals surface area contributed by atoms with Crippen LogP contribution < -0.4 is 11.3 Å². The summed E-state index contributed by atoms with van der Waals surface area (Å²) in [6.07, 6.45) is 2.19. The highest BCUT2D eigenvalue weighted by Crippen LogP contribution is 2.28. The van der Waals surface area contributed by atoms with Crippen LogP contribution in [0.2, 0.25) is 10.2 Å². The Kier molecular flexibility index (Phi) is 4.30. The van der Waals surface area contributed by atoms with Crippen molar-refractivity contribution in [1.29, 1.82) is 0 Å². The molecule has 0 amide bonds. The van der Waals surface area contributed by atoms with Gasteiger partial charge < -0.3 is 4.42 Å². The summed E-state index contributed by atoms with van der Waals surface area (Å²) >= 11 is 12.2. The summed E-state index contributed by atoms with van der Waals surface area (Å²) in [7, 11) is 0. The van der Waals surface area contributed by atoms with Gasteiger partial charge in [-0.15, -0.1) is 0 Å². The minimum absolute atomic E-state index is 0.128. The van der Waals surface area contributed by atoms with Gasteiger partial charge in [0.1, 0.15) is 0 Å². The quantitative estimate of drug-likeness (QED) is 0.666. The molecule has 1 aromatic heterocycles. The maximum absolute atomic E-state index is 6.21. The molecule has 0 aliphatic heterocycles. The molecule has 96 valence electrons. The fourth-order valence-electron chi connectivity index (χ4n) is 1.85. The van der Waals surface area contributed by atoms with Crippen molar-refractivity contribution in [3.8, 4) is 0 Å². The van der Waals surface area contributed by atoms with Crippen LogP contribution >= 0.6 is 23.2 Å². The third-order valence-electron chi connectivity index (χ3n) is 2.86. The Balaban J connectivity index is 2.23. The normalized spacial score (nSPS) is 12.7. The van der Waals surface area contributed by atoms with E-state index in [0.717, 1.165) is 21.7 Å². The van der Waals surface area contributed by atoms with Gasteiger partial charge in [-0.3, -0.25) is 11.3 Å². The van der Waals surface area contributed by atoms with Crippen LogP contribution in [0.5, 0.6) is 0 Å². The smallest absolute Gasteiger partial charge is 0.197 e. The Morgan fingerprint density at radius 2 is 2.11 bits per heavy atom. The molecule has 0 fully saturated rings. The van der Waals surface area contributed by atoms with E-state index in [2.05, 4.69) is 5.43 Å². The molecular weight excluding hydrogens is 271 g/mol. The highest BCUT2D eigenvalue weighted by Gasteiger charge is 2.17. The average molecular weight is 285 g/mol. The SMILES string of the molecule is Cc1ccc(CC(NN)c2ccoc2Cl)c(Cl)c1. The number of furan rings is 1. The third kappa shape index (κ3) is 2.87. The predicted molar refractivity (Wildman–Crippen MR) is 73.7 cm³/mol. The van der Waals surface area contributed by atoms with Crippen LogP contribution in [-0.2, 0) is 6.42 Å². The first-order valence-electron chi connectivity index (χ1n) is 5.56. The van der Waals surface area contributed by atoms with Gasteiger partial charge in [0.15, 0.2) is 5.22 Å². The second kappa shape index (κ2) is 5.76. The summed E-state index contributed by atoms with van der Waals surface area (Å²) in [4.78, 5) is 0. The van der Waals surface area contributed by atoms with Crippen LogP contribution in [0.3, 0.4) is 0 Å². The number of nitrogens with two attached hydrogens (primary N) is 1. The summed E-state index contributed by atoms with van der Waals surface area (Å²) in [5.41, 5.74) is 5.71.